The summed E-state index contributed by atoms with van der Waals surface area (Å²) in [5.41, 5.74) is 0. The molecule has 0 aliphatic carbocycles. The molecule has 6 nitrogen and oxygen atoms in total. The average Bonchev–Trinajstić information content (AvgIpc) is 2.65. The molecule has 0 heterocycles. The molecule has 0 radical (unpaired) electrons. The van der Waals surface area contributed by atoms with E-state index in [1.807, 2.05) is 24.3 Å². The molecule has 0 fully saturated rings. The number of hydrogen-bond acceptors (Lipinski definition) is 6. The zero-order valence-corrected chi connectivity index (χ0v) is 16.3. The largest absolute Gasteiger partial charge is 0.493 e. The van der Waals surface area contributed by atoms with Crippen LogP contribution in [0.25, 0.3) is 0 Å². The van der Waals surface area contributed by atoms with Gasteiger partial charge in [0.15, 0.2) is 23.0 Å². The van der Waals surface area contributed by atoms with Gasteiger partial charge in [-0.25, -0.2) is 0 Å². The zero-order valence-electron chi connectivity index (χ0n) is 15.3. The molecule has 0 bridgehead atoms. The lowest BCUT2D eigenvalue weighted by Gasteiger charge is -2.16. The summed E-state index contributed by atoms with van der Waals surface area (Å²) in [4.78, 5) is 0. The summed E-state index contributed by atoms with van der Waals surface area (Å²) in [5.74, 6) is 3.63. The average molecular weight is 366 g/mol. The van der Waals surface area contributed by atoms with Gasteiger partial charge < -0.3 is 28.4 Å². The Hall–Kier alpha value is -2.33. The minimum Gasteiger partial charge on any atom is -0.493 e. The van der Waals surface area contributed by atoms with Crippen LogP contribution in [0.1, 0.15) is 0 Å². The molecule has 0 saturated carbocycles. The molecule has 0 aliphatic rings. The molecule has 0 aromatic heterocycles. The van der Waals surface area contributed by atoms with E-state index in [-0.39, 0.29) is 0 Å². The molecule has 0 atom stereocenters. The molecule has 2 aromatic carbocycles. The third-order valence-corrected chi connectivity index (χ3v) is 4.77. The topological polar surface area (TPSA) is 55.4 Å². The summed E-state index contributed by atoms with van der Waals surface area (Å²) < 4.78 is 32.4. The molecule has 136 valence electrons. The lowest BCUT2D eigenvalue weighted by atomic mass is 10.3. The second-order valence-corrected chi connectivity index (χ2v) is 6.36. The van der Waals surface area contributed by atoms with Crippen LogP contribution in [0, 0.1) is 0 Å². The normalized spacial score (nSPS) is 10.2. The van der Waals surface area contributed by atoms with E-state index in [1.54, 1.807) is 42.7 Å². The summed E-state index contributed by atoms with van der Waals surface area (Å²) in [5, 5.41) is 2.06. The molecule has 25 heavy (non-hydrogen) atoms. The van der Waals surface area contributed by atoms with Gasteiger partial charge in [0.1, 0.15) is 0 Å². The Morgan fingerprint density at radius 1 is 0.480 bits per heavy atom. The van der Waals surface area contributed by atoms with Crippen LogP contribution in [0.4, 0.5) is 0 Å². The third-order valence-electron chi connectivity index (χ3n) is 3.62. The Morgan fingerprint density at radius 2 is 0.760 bits per heavy atom. The van der Waals surface area contributed by atoms with E-state index in [0.717, 1.165) is 10.6 Å². The maximum absolute atomic E-state index is 5.41. The molecule has 0 unspecified atom stereocenters. The van der Waals surface area contributed by atoms with Crippen LogP contribution < -0.4 is 39.0 Å². The third kappa shape index (κ3) is 4.02. The Kier molecular flexibility index (Phi) is 6.59. The highest BCUT2D eigenvalue weighted by Crippen LogP contribution is 2.39. The van der Waals surface area contributed by atoms with Gasteiger partial charge in [0.2, 0.25) is 11.5 Å². The van der Waals surface area contributed by atoms with E-state index in [4.69, 9.17) is 28.4 Å². The quantitative estimate of drug-likeness (QED) is 0.669. The Labute approximate surface area is 149 Å². The number of methoxy groups -OCH3 is 6. The van der Waals surface area contributed by atoms with Crippen molar-refractivity contribution in [3.8, 4) is 34.5 Å². The molecule has 2 rings (SSSR count). The lowest BCUT2D eigenvalue weighted by molar-refractivity contribution is 0.325. The maximum atomic E-state index is 5.41. The summed E-state index contributed by atoms with van der Waals surface area (Å²) in [6, 6.07) is 7.73. The van der Waals surface area contributed by atoms with E-state index in [0.29, 0.717) is 43.1 Å². The lowest BCUT2D eigenvalue weighted by Crippen LogP contribution is -2.08. The standard InChI is InChI=1S/C18H23O6P/c1-19-13-7-11(8-14(20-2)17(13)23-5)25-12-9-15(21-3)18(24-6)16(10-12)22-4/h7-10,25H,1-6H3. The monoisotopic (exact) mass is 366 g/mol. The molecule has 0 aliphatic heterocycles. The highest BCUT2D eigenvalue weighted by molar-refractivity contribution is 7.55. The second-order valence-electron chi connectivity index (χ2n) is 4.95. The highest BCUT2D eigenvalue weighted by atomic mass is 31.1. The summed E-state index contributed by atoms with van der Waals surface area (Å²) in [6.45, 7) is 0. The fourth-order valence-corrected chi connectivity index (χ4v) is 3.62. The second kappa shape index (κ2) is 8.67. The first-order chi connectivity index (χ1) is 12.1. The van der Waals surface area contributed by atoms with Crippen molar-refractivity contribution < 1.29 is 28.4 Å². The van der Waals surface area contributed by atoms with Crippen LogP contribution in [-0.4, -0.2) is 42.7 Å². The maximum Gasteiger partial charge on any atom is 0.203 e. The van der Waals surface area contributed by atoms with Gasteiger partial charge in [-0.15, -0.1) is 0 Å². The molecule has 0 saturated heterocycles. The first-order valence-electron chi connectivity index (χ1n) is 7.48. The Morgan fingerprint density at radius 3 is 0.960 bits per heavy atom. The summed E-state index contributed by atoms with van der Waals surface area (Å²) >= 11 is 0. The van der Waals surface area contributed by atoms with Gasteiger partial charge in [-0.05, 0) is 34.9 Å². The van der Waals surface area contributed by atoms with E-state index in [2.05, 4.69) is 0 Å². The van der Waals surface area contributed by atoms with E-state index >= 15 is 0 Å². The Bertz CT molecular complexity index is 620. The zero-order chi connectivity index (χ0) is 18.4. The fourth-order valence-electron chi connectivity index (χ4n) is 2.47. The van der Waals surface area contributed by atoms with Gasteiger partial charge in [-0.1, -0.05) is 8.58 Å². The van der Waals surface area contributed by atoms with Gasteiger partial charge in [0.05, 0.1) is 42.7 Å². The van der Waals surface area contributed by atoms with Crippen LogP contribution in [0.3, 0.4) is 0 Å². The van der Waals surface area contributed by atoms with Crippen molar-refractivity contribution in [1.82, 2.24) is 0 Å². The molecule has 2 aromatic rings. The SMILES string of the molecule is COc1cc(Pc2cc(OC)c(OC)c(OC)c2)cc(OC)c1OC. The van der Waals surface area contributed by atoms with Crippen molar-refractivity contribution in [2.24, 2.45) is 0 Å². The van der Waals surface area contributed by atoms with Crippen molar-refractivity contribution >= 4 is 19.2 Å². The van der Waals surface area contributed by atoms with Gasteiger partial charge in [0.25, 0.3) is 0 Å². The smallest absolute Gasteiger partial charge is 0.203 e. The van der Waals surface area contributed by atoms with Crippen molar-refractivity contribution in [3.63, 3.8) is 0 Å². The van der Waals surface area contributed by atoms with Gasteiger partial charge in [-0.3, -0.25) is 0 Å². The van der Waals surface area contributed by atoms with Crippen molar-refractivity contribution in [3.05, 3.63) is 24.3 Å². The van der Waals surface area contributed by atoms with E-state index < -0.39 is 0 Å². The molecule has 7 heteroatoms. The van der Waals surface area contributed by atoms with Crippen LogP contribution >= 0.6 is 8.58 Å². The van der Waals surface area contributed by atoms with Gasteiger partial charge >= 0.3 is 0 Å². The van der Waals surface area contributed by atoms with Gasteiger partial charge in [-0.2, -0.15) is 0 Å². The number of hydrogen-bond donors (Lipinski definition) is 0. The van der Waals surface area contributed by atoms with Crippen LogP contribution in [-0.2, 0) is 0 Å². The minimum atomic E-state index is 0.339. The first kappa shape index (κ1) is 19.0. The van der Waals surface area contributed by atoms with Gasteiger partial charge in [0, 0.05) is 0 Å². The number of ether oxygens (including phenoxy) is 6. The van der Waals surface area contributed by atoms with Crippen LogP contribution in [0.15, 0.2) is 24.3 Å². The van der Waals surface area contributed by atoms with E-state index in [1.165, 1.54) is 0 Å². The highest BCUT2D eigenvalue weighted by Gasteiger charge is 2.16. The number of benzene rings is 2. The molecular formula is C18H23O6P. The molecule has 0 N–H and O–H groups in total. The minimum absolute atomic E-state index is 0.339. The number of rotatable bonds is 8. The fraction of sp³-hybridized carbons (Fsp3) is 0.333. The van der Waals surface area contributed by atoms with Crippen molar-refractivity contribution in [1.29, 1.82) is 0 Å². The van der Waals surface area contributed by atoms with E-state index in [9.17, 15) is 0 Å². The summed E-state index contributed by atoms with van der Waals surface area (Å²) in [6.07, 6.45) is 0. The first-order valence-corrected chi connectivity index (χ1v) is 8.48. The Balaban J connectivity index is 2.45. The molecular weight excluding hydrogens is 343 g/mol. The predicted octanol–water partition coefficient (Wildman–Crippen LogP) is 2.37. The summed E-state index contributed by atoms with van der Waals surface area (Å²) in [7, 11) is 9.91. The van der Waals surface area contributed by atoms with Crippen molar-refractivity contribution in [2.75, 3.05) is 42.7 Å². The van der Waals surface area contributed by atoms with Crippen molar-refractivity contribution in [2.45, 2.75) is 0 Å². The molecule has 0 spiro atoms. The van der Waals surface area contributed by atoms with Crippen LogP contribution in [0.2, 0.25) is 0 Å². The predicted molar refractivity (Wildman–Crippen MR) is 99.8 cm³/mol. The molecule has 0 amide bonds. The van der Waals surface area contributed by atoms with Crippen LogP contribution in [0.5, 0.6) is 34.5 Å².